The minimum Gasteiger partial charge on any atom is -0.365 e. The van der Waals surface area contributed by atoms with Crippen molar-refractivity contribution < 1.29 is 14.4 Å². The smallest absolute Gasteiger partial charge is 0.254 e. The fourth-order valence-electron chi connectivity index (χ4n) is 4.96. The number of benzene rings is 3. The molecule has 1 fully saturated rings. The van der Waals surface area contributed by atoms with E-state index in [0.717, 1.165) is 26.8 Å². The van der Waals surface area contributed by atoms with Crippen molar-refractivity contribution in [2.75, 3.05) is 18.4 Å². The van der Waals surface area contributed by atoms with Gasteiger partial charge in [-0.3, -0.25) is 14.4 Å². The molecular weight excluding hydrogens is 470 g/mol. The highest BCUT2D eigenvalue weighted by Gasteiger charge is 2.30. The average Bonchev–Trinajstić information content (AvgIpc) is 3.24. The molecular formula is C29H27N3O3S. The molecule has 3 amide bonds. The molecule has 0 bridgehead atoms. The molecule has 1 aliphatic heterocycles. The summed E-state index contributed by atoms with van der Waals surface area (Å²) in [5, 5.41) is 5.42. The lowest BCUT2D eigenvalue weighted by atomic mass is 9.94. The van der Waals surface area contributed by atoms with Gasteiger partial charge in [0.1, 0.15) is 5.00 Å². The Morgan fingerprint density at radius 1 is 0.917 bits per heavy atom. The molecule has 5 rings (SSSR count). The topological polar surface area (TPSA) is 92.5 Å². The average molecular weight is 498 g/mol. The van der Waals surface area contributed by atoms with E-state index < -0.39 is 5.91 Å². The number of hydrogen-bond donors (Lipinski definition) is 2. The van der Waals surface area contributed by atoms with E-state index in [-0.39, 0.29) is 17.7 Å². The second-order valence-electron chi connectivity index (χ2n) is 9.05. The van der Waals surface area contributed by atoms with Crippen LogP contribution in [0.3, 0.4) is 0 Å². The number of carbonyl (C=O) groups is 3. The number of primary amides is 1. The first-order chi connectivity index (χ1) is 17.4. The van der Waals surface area contributed by atoms with E-state index in [9.17, 15) is 14.4 Å². The molecule has 182 valence electrons. The summed E-state index contributed by atoms with van der Waals surface area (Å²) in [6.45, 7) is 2.93. The fourth-order valence-corrected chi connectivity index (χ4v) is 6.05. The van der Waals surface area contributed by atoms with Crippen LogP contribution in [-0.4, -0.2) is 35.7 Å². The maximum absolute atomic E-state index is 13.3. The highest BCUT2D eigenvalue weighted by atomic mass is 32.1. The Bertz CT molecular complexity index is 1450. The summed E-state index contributed by atoms with van der Waals surface area (Å²) in [4.78, 5) is 41.5. The number of thiophene rings is 1. The number of aryl methyl sites for hydroxylation is 1. The third kappa shape index (κ3) is 4.50. The summed E-state index contributed by atoms with van der Waals surface area (Å²) in [5.41, 5.74) is 8.42. The van der Waals surface area contributed by atoms with E-state index >= 15 is 0 Å². The third-order valence-electron chi connectivity index (χ3n) is 6.80. The Morgan fingerprint density at radius 3 is 2.31 bits per heavy atom. The van der Waals surface area contributed by atoms with Gasteiger partial charge in [-0.2, -0.15) is 0 Å². The molecule has 0 unspecified atom stereocenters. The van der Waals surface area contributed by atoms with Crippen LogP contribution in [0.1, 0.15) is 38.4 Å². The molecule has 0 spiro atoms. The van der Waals surface area contributed by atoms with Gasteiger partial charge in [-0.25, -0.2) is 0 Å². The minimum atomic E-state index is -0.566. The van der Waals surface area contributed by atoms with Gasteiger partial charge < -0.3 is 16.0 Å². The van der Waals surface area contributed by atoms with Crippen LogP contribution < -0.4 is 11.1 Å². The van der Waals surface area contributed by atoms with Crippen LogP contribution in [0.2, 0.25) is 0 Å². The first-order valence-corrected chi connectivity index (χ1v) is 12.8. The number of nitrogens with zero attached hydrogens (tertiary/aromatic N) is 1. The van der Waals surface area contributed by atoms with Crippen LogP contribution in [0.5, 0.6) is 0 Å². The Labute approximate surface area is 213 Å². The quantitative estimate of drug-likeness (QED) is 0.383. The van der Waals surface area contributed by atoms with Crippen molar-refractivity contribution in [3.05, 3.63) is 88.8 Å². The van der Waals surface area contributed by atoms with Gasteiger partial charge in [0.15, 0.2) is 0 Å². The Balaban J connectivity index is 1.29. The van der Waals surface area contributed by atoms with Crippen molar-refractivity contribution in [3.8, 4) is 11.1 Å². The summed E-state index contributed by atoms with van der Waals surface area (Å²) in [7, 11) is 0. The fraction of sp³-hybridized carbons (Fsp3) is 0.207. The normalized spacial score (nSPS) is 14.1. The van der Waals surface area contributed by atoms with Crippen LogP contribution in [0, 0.1) is 12.8 Å². The van der Waals surface area contributed by atoms with E-state index in [4.69, 9.17) is 5.73 Å². The van der Waals surface area contributed by atoms with Crippen LogP contribution in [-0.2, 0) is 4.79 Å². The maximum Gasteiger partial charge on any atom is 0.254 e. The molecule has 3 aromatic carbocycles. The molecule has 0 saturated carbocycles. The van der Waals surface area contributed by atoms with Gasteiger partial charge in [0.2, 0.25) is 5.91 Å². The Kier molecular flexibility index (Phi) is 6.57. The standard InChI is InChI=1S/C29H27N3O3S/c1-18-24(20-9-3-2-4-10-20)25(26(30)33)28(36-18)31-27(34)21-14-16-32(17-15-21)29(35)23-13-7-11-19-8-5-6-12-22(19)23/h2-13,21H,14-17H2,1H3,(H2,30,33)(H,31,34). The number of anilines is 1. The van der Waals surface area contributed by atoms with Crippen LogP contribution in [0.4, 0.5) is 5.00 Å². The van der Waals surface area contributed by atoms with Crippen molar-refractivity contribution in [2.45, 2.75) is 19.8 Å². The number of fused-ring (bicyclic) bond motifs is 1. The zero-order chi connectivity index (χ0) is 25.2. The van der Waals surface area contributed by atoms with Crippen molar-refractivity contribution >= 4 is 44.8 Å². The van der Waals surface area contributed by atoms with Gasteiger partial charge in [-0.1, -0.05) is 66.7 Å². The molecule has 3 N–H and O–H groups in total. The SMILES string of the molecule is Cc1sc(NC(=O)C2CCN(C(=O)c3cccc4ccccc34)CC2)c(C(N)=O)c1-c1ccccc1. The first kappa shape index (κ1) is 23.8. The number of piperidine rings is 1. The molecule has 0 aliphatic carbocycles. The summed E-state index contributed by atoms with van der Waals surface area (Å²) in [5.74, 6) is -0.965. The van der Waals surface area contributed by atoms with Gasteiger partial charge in [-0.05, 0) is 42.2 Å². The van der Waals surface area contributed by atoms with Crippen LogP contribution >= 0.6 is 11.3 Å². The highest BCUT2D eigenvalue weighted by Crippen LogP contribution is 2.40. The zero-order valence-electron chi connectivity index (χ0n) is 20.0. The lowest BCUT2D eigenvalue weighted by Gasteiger charge is -2.31. The maximum atomic E-state index is 13.3. The molecule has 6 nitrogen and oxygen atoms in total. The summed E-state index contributed by atoms with van der Waals surface area (Å²) >= 11 is 1.36. The van der Waals surface area contributed by atoms with Crippen LogP contribution in [0.15, 0.2) is 72.8 Å². The number of nitrogens with two attached hydrogens (primary N) is 1. The Morgan fingerprint density at radius 2 is 1.58 bits per heavy atom. The molecule has 4 aromatic rings. The third-order valence-corrected chi connectivity index (χ3v) is 7.82. The van der Waals surface area contributed by atoms with Crippen molar-refractivity contribution in [1.82, 2.24) is 4.90 Å². The molecule has 1 saturated heterocycles. The van der Waals surface area contributed by atoms with E-state index in [1.165, 1.54) is 11.3 Å². The monoisotopic (exact) mass is 497 g/mol. The van der Waals surface area contributed by atoms with E-state index in [2.05, 4.69) is 5.32 Å². The van der Waals surface area contributed by atoms with Crippen LogP contribution in [0.25, 0.3) is 21.9 Å². The number of nitrogens with one attached hydrogen (secondary N) is 1. The lowest BCUT2D eigenvalue weighted by molar-refractivity contribution is -0.121. The number of rotatable bonds is 5. The van der Waals surface area contributed by atoms with Crippen molar-refractivity contribution in [3.63, 3.8) is 0 Å². The first-order valence-electron chi connectivity index (χ1n) is 12.0. The Hall–Kier alpha value is -3.97. The molecule has 36 heavy (non-hydrogen) atoms. The minimum absolute atomic E-state index is 0.0111. The van der Waals surface area contributed by atoms with Gasteiger partial charge in [-0.15, -0.1) is 11.3 Å². The predicted octanol–water partition coefficient (Wildman–Crippen LogP) is 5.47. The second-order valence-corrected chi connectivity index (χ2v) is 10.3. The molecule has 1 aromatic heterocycles. The number of carbonyl (C=O) groups excluding carboxylic acids is 3. The van der Waals surface area contributed by atoms with Gasteiger partial charge >= 0.3 is 0 Å². The van der Waals surface area contributed by atoms with Gasteiger partial charge in [0.05, 0.1) is 5.56 Å². The molecule has 2 heterocycles. The molecule has 7 heteroatoms. The van der Waals surface area contributed by atoms with Gasteiger partial charge in [0.25, 0.3) is 11.8 Å². The predicted molar refractivity (Wildman–Crippen MR) is 144 cm³/mol. The van der Waals surface area contributed by atoms with Crippen molar-refractivity contribution in [2.24, 2.45) is 11.7 Å². The van der Waals surface area contributed by atoms with E-state index in [1.54, 1.807) is 0 Å². The van der Waals surface area contributed by atoms with Crippen molar-refractivity contribution in [1.29, 1.82) is 0 Å². The molecule has 0 radical (unpaired) electrons. The lowest BCUT2D eigenvalue weighted by Crippen LogP contribution is -2.41. The number of amides is 3. The second kappa shape index (κ2) is 9.95. The molecule has 0 atom stereocenters. The largest absolute Gasteiger partial charge is 0.365 e. The summed E-state index contributed by atoms with van der Waals surface area (Å²) < 4.78 is 0. The van der Waals surface area contributed by atoms with Gasteiger partial charge in [0, 0.05) is 35.0 Å². The zero-order valence-corrected chi connectivity index (χ0v) is 20.8. The number of likely N-dealkylation sites (tertiary alicyclic amines) is 1. The highest BCUT2D eigenvalue weighted by molar-refractivity contribution is 7.17. The number of hydrogen-bond acceptors (Lipinski definition) is 4. The van der Waals surface area contributed by atoms with E-state index in [0.29, 0.717) is 42.1 Å². The summed E-state index contributed by atoms with van der Waals surface area (Å²) in [6, 6.07) is 23.2. The van der Waals surface area contributed by atoms with E-state index in [1.807, 2.05) is 84.6 Å². The summed E-state index contributed by atoms with van der Waals surface area (Å²) in [6.07, 6.45) is 1.12. The molecule has 1 aliphatic rings.